The molecular weight excluding hydrogens is 164 g/mol. The number of hydrogen-bond donors (Lipinski definition) is 2. The van der Waals surface area contributed by atoms with Crippen LogP contribution in [0.15, 0.2) is 18.2 Å². The number of hydrogen-bond acceptors (Lipinski definition) is 3. The summed E-state index contributed by atoms with van der Waals surface area (Å²) in [6, 6.07) is 7.69. The van der Waals surface area contributed by atoms with Gasteiger partial charge in [0.2, 0.25) is 0 Å². The summed E-state index contributed by atoms with van der Waals surface area (Å²) >= 11 is 0. The predicted molar refractivity (Wildman–Crippen MR) is 47.8 cm³/mol. The summed E-state index contributed by atoms with van der Waals surface area (Å²) in [5.41, 5.74) is 2.89. The minimum absolute atomic E-state index is 0.00306. The summed E-state index contributed by atoms with van der Waals surface area (Å²) in [6.07, 6.45) is 0. The van der Waals surface area contributed by atoms with E-state index in [9.17, 15) is 0 Å². The topological polar surface area (TPSA) is 56.0 Å². The van der Waals surface area contributed by atoms with Gasteiger partial charge in [-0.15, -0.1) is 0 Å². The Hall–Kier alpha value is -1.37. The van der Waals surface area contributed by atoms with E-state index < -0.39 is 0 Å². The van der Waals surface area contributed by atoms with E-state index in [0.29, 0.717) is 5.56 Å². The van der Waals surface area contributed by atoms with Crippen LogP contribution in [0.4, 0.5) is 0 Å². The van der Waals surface area contributed by atoms with Crippen LogP contribution < -0.4 is 5.32 Å². The highest BCUT2D eigenvalue weighted by atomic mass is 16.3. The van der Waals surface area contributed by atoms with Gasteiger partial charge in [0.05, 0.1) is 24.3 Å². The van der Waals surface area contributed by atoms with Crippen molar-refractivity contribution in [3.63, 3.8) is 0 Å². The number of aliphatic hydroxyl groups is 1. The molecule has 0 aromatic heterocycles. The summed E-state index contributed by atoms with van der Waals surface area (Å²) in [6.45, 7) is 0.869. The van der Waals surface area contributed by atoms with Crippen molar-refractivity contribution in [2.75, 3.05) is 6.61 Å². The quantitative estimate of drug-likeness (QED) is 0.658. The Balaban J connectivity index is 2.44. The van der Waals surface area contributed by atoms with E-state index in [-0.39, 0.29) is 12.6 Å². The molecule has 2 N–H and O–H groups in total. The van der Waals surface area contributed by atoms with Gasteiger partial charge < -0.3 is 10.4 Å². The summed E-state index contributed by atoms with van der Waals surface area (Å²) < 4.78 is 0. The van der Waals surface area contributed by atoms with E-state index >= 15 is 0 Å². The van der Waals surface area contributed by atoms with E-state index in [4.69, 9.17) is 10.4 Å². The summed E-state index contributed by atoms with van der Waals surface area (Å²) in [5, 5.41) is 20.9. The molecule has 66 valence electrons. The number of fused-ring (bicyclic) bond motifs is 1. The third kappa shape index (κ3) is 1.31. The van der Waals surface area contributed by atoms with Gasteiger partial charge in [-0.1, -0.05) is 6.07 Å². The molecule has 0 aliphatic carbocycles. The Morgan fingerprint density at radius 3 is 3.15 bits per heavy atom. The van der Waals surface area contributed by atoms with Gasteiger partial charge in [-0.3, -0.25) is 0 Å². The average Bonchev–Trinajstić information content (AvgIpc) is 2.59. The molecule has 0 saturated carbocycles. The molecule has 0 fully saturated rings. The first kappa shape index (κ1) is 8.24. The SMILES string of the molecule is N#Cc1ccc2c(c1)C(CO)NC2. The van der Waals surface area contributed by atoms with Crippen molar-refractivity contribution in [1.29, 1.82) is 5.26 Å². The first-order valence-electron chi connectivity index (χ1n) is 4.22. The lowest BCUT2D eigenvalue weighted by atomic mass is 10.0. The van der Waals surface area contributed by atoms with Crippen LogP contribution in [0.3, 0.4) is 0 Å². The maximum Gasteiger partial charge on any atom is 0.0991 e. The third-order valence-electron chi connectivity index (χ3n) is 2.37. The molecule has 1 atom stereocenters. The van der Waals surface area contributed by atoms with Crippen molar-refractivity contribution in [2.24, 2.45) is 0 Å². The molecule has 0 radical (unpaired) electrons. The van der Waals surface area contributed by atoms with Crippen LogP contribution in [-0.4, -0.2) is 11.7 Å². The van der Waals surface area contributed by atoms with Gasteiger partial charge in [0, 0.05) is 6.54 Å². The Morgan fingerprint density at radius 2 is 2.46 bits per heavy atom. The number of benzene rings is 1. The van der Waals surface area contributed by atoms with Gasteiger partial charge >= 0.3 is 0 Å². The van der Waals surface area contributed by atoms with Crippen molar-refractivity contribution in [2.45, 2.75) is 12.6 Å². The lowest BCUT2D eigenvalue weighted by Crippen LogP contribution is -2.15. The minimum atomic E-state index is 0.00306. The van der Waals surface area contributed by atoms with Gasteiger partial charge in [0.1, 0.15) is 0 Å². The zero-order chi connectivity index (χ0) is 9.26. The van der Waals surface area contributed by atoms with Crippen LogP contribution in [-0.2, 0) is 6.54 Å². The van der Waals surface area contributed by atoms with Gasteiger partial charge in [-0.25, -0.2) is 0 Å². The second-order valence-electron chi connectivity index (χ2n) is 3.14. The van der Waals surface area contributed by atoms with Crippen LogP contribution in [0.5, 0.6) is 0 Å². The second kappa shape index (κ2) is 3.17. The van der Waals surface area contributed by atoms with Crippen LogP contribution in [0.2, 0.25) is 0 Å². The highest BCUT2D eigenvalue weighted by Gasteiger charge is 2.20. The van der Waals surface area contributed by atoms with Crippen molar-refractivity contribution in [3.05, 3.63) is 34.9 Å². The fourth-order valence-corrected chi connectivity index (χ4v) is 1.66. The Bertz CT molecular complexity index is 368. The van der Waals surface area contributed by atoms with Crippen LogP contribution in [0, 0.1) is 11.3 Å². The minimum Gasteiger partial charge on any atom is -0.394 e. The molecule has 0 bridgehead atoms. The molecule has 2 rings (SSSR count). The summed E-state index contributed by atoms with van der Waals surface area (Å²) in [7, 11) is 0. The lowest BCUT2D eigenvalue weighted by Gasteiger charge is -2.07. The van der Waals surface area contributed by atoms with E-state index in [0.717, 1.165) is 12.1 Å². The molecule has 1 aliphatic rings. The Morgan fingerprint density at radius 1 is 1.62 bits per heavy atom. The van der Waals surface area contributed by atoms with Gasteiger partial charge in [0.25, 0.3) is 0 Å². The first-order chi connectivity index (χ1) is 6.35. The largest absolute Gasteiger partial charge is 0.394 e. The molecule has 1 aromatic rings. The fourth-order valence-electron chi connectivity index (χ4n) is 1.66. The third-order valence-corrected chi connectivity index (χ3v) is 2.37. The zero-order valence-electron chi connectivity index (χ0n) is 7.12. The molecular formula is C10H10N2O. The smallest absolute Gasteiger partial charge is 0.0991 e. The number of nitrogens with one attached hydrogen (secondary N) is 1. The van der Waals surface area contributed by atoms with Crippen molar-refractivity contribution < 1.29 is 5.11 Å². The number of aliphatic hydroxyl groups excluding tert-OH is 1. The fraction of sp³-hybridized carbons (Fsp3) is 0.300. The van der Waals surface area contributed by atoms with E-state index in [2.05, 4.69) is 11.4 Å². The molecule has 0 saturated heterocycles. The standard InChI is InChI=1S/C10H10N2O/c11-4-7-1-2-8-5-12-10(6-13)9(8)3-7/h1-3,10,12-13H,5-6H2. The normalized spacial score (nSPS) is 19.5. The average molecular weight is 174 g/mol. The maximum absolute atomic E-state index is 9.03. The van der Waals surface area contributed by atoms with Gasteiger partial charge in [0.15, 0.2) is 0 Å². The number of rotatable bonds is 1. The Labute approximate surface area is 76.6 Å². The van der Waals surface area contributed by atoms with Crippen molar-refractivity contribution in [3.8, 4) is 6.07 Å². The van der Waals surface area contributed by atoms with E-state index in [1.54, 1.807) is 6.07 Å². The highest BCUT2D eigenvalue weighted by molar-refractivity contribution is 5.42. The number of nitriles is 1. The molecule has 1 aliphatic heterocycles. The predicted octanol–water partition coefficient (Wildman–Crippen LogP) is 0.695. The van der Waals surface area contributed by atoms with Crippen LogP contribution >= 0.6 is 0 Å². The monoisotopic (exact) mass is 174 g/mol. The molecule has 13 heavy (non-hydrogen) atoms. The van der Waals surface area contributed by atoms with Gasteiger partial charge in [-0.2, -0.15) is 5.26 Å². The van der Waals surface area contributed by atoms with E-state index in [1.807, 2.05) is 12.1 Å². The van der Waals surface area contributed by atoms with Crippen LogP contribution in [0.25, 0.3) is 0 Å². The molecule has 3 heteroatoms. The number of nitrogens with zero attached hydrogens (tertiary/aromatic N) is 1. The van der Waals surface area contributed by atoms with Gasteiger partial charge in [-0.05, 0) is 23.3 Å². The first-order valence-corrected chi connectivity index (χ1v) is 4.22. The molecule has 1 heterocycles. The molecule has 0 spiro atoms. The Kier molecular flexibility index (Phi) is 2.01. The van der Waals surface area contributed by atoms with Crippen molar-refractivity contribution >= 4 is 0 Å². The summed E-state index contributed by atoms with van der Waals surface area (Å²) in [4.78, 5) is 0. The molecule has 1 aromatic carbocycles. The summed E-state index contributed by atoms with van der Waals surface area (Å²) in [5.74, 6) is 0. The maximum atomic E-state index is 9.03. The molecule has 0 amide bonds. The van der Waals surface area contributed by atoms with Crippen LogP contribution in [0.1, 0.15) is 22.7 Å². The second-order valence-corrected chi connectivity index (χ2v) is 3.14. The zero-order valence-corrected chi connectivity index (χ0v) is 7.12. The lowest BCUT2D eigenvalue weighted by molar-refractivity contribution is 0.251. The molecule has 3 nitrogen and oxygen atoms in total. The molecule has 1 unspecified atom stereocenters. The highest BCUT2D eigenvalue weighted by Crippen LogP contribution is 2.25. The van der Waals surface area contributed by atoms with E-state index in [1.165, 1.54) is 5.56 Å². The van der Waals surface area contributed by atoms with Crippen molar-refractivity contribution in [1.82, 2.24) is 5.32 Å².